The number of aromatic nitrogens is 1. The van der Waals surface area contributed by atoms with Crippen LogP contribution in [0.15, 0.2) is 18.2 Å². The summed E-state index contributed by atoms with van der Waals surface area (Å²) in [6.07, 6.45) is 3.30. The van der Waals surface area contributed by atoms with Crippen LogP contribution < -0.4 is 0 Å². The molecule has 231 valence electrons. The summed E-state index contributed by atoms with van der Waals surface area (Å²) in [4.78, 5) is 79.5. The Bertz CT molecular complexity index is 1070. The molecule has 0 spiro atoms. The van der Waals surface area contributed by atoms with E-state index in [0.717, 1.165) is 0 Å². The van der Waals surface area contributed by atoms with Gasteiger partial charge in [0.05, 0.1) is 11.4 Å². The molecule has 0 saturated carbocycles. The number of rotatable bonds is 15. The Balaban J connectivity index is 0. The third-order valence-corrected chi connectivity index (χ3v) is 6.93. The van der Waals surface area contributed by atoms with Gasteiger partial charge in [0.25, 0.3) is 0 Å². The maximum absolute atomic E-state index is 12.2. The van der Waals surface area contributed by atoms with E-state index in [1.807, 2.05) is 0 Å². The number of Topliss-reactive ketones (excluding diaryl/α,β-unsaturated/α-hetero) is 1. The second-order valence-corrected chi connectivity index (χ2v) is 9.77. The first-order chi connectivity index (χ1) is 19.1. The number of carbonyl (C=O) groups is 4. The molecule has 3 N–H and O–H groups in total. The molecule has 1 aliphatic rings. The van der Waals surface area contributed by atoms with Crippen molar-refractivity contribution in [2.75, 3.05) is 26.2 Å². The van der Waals surface area contributed by atoms with Crippen molar-refractivity contribution in [1.82, 2.24) is 19.7 Å². The van der Waals surface area contributed by atoms with Gasteiger partial charge in [-0.1, -0.05) is 18.9 Å². The minimum Gasteiger partial charge on any atom is -0.542 e. The molecule has 1 aromatic heterocycles. The number of carbonyl (C=O) groups excluding carboxylic acids is 3. The number of carboxylic acid groups (broad SMARTS) is 3. The topological polar surface area (TPSA) is 186 Å². The van der Waals surface area contributed by atoms with Crippen molar-refractivity contribution in [1.29, 1.82) is 0 Å². The third kappa shape index (κ3) is 15.9. The summed E-state index contributed by atoms with van der Waals surface area (Å²) in [5, 5.41) is 29.8. The average Bonchev–Trinajstić information content (AvgIpc) is 2.88. The van der Waals surface area contributed by atoms with E-state index in [9.17, 15) is 44.1 Å². The van der Waals surface area contributed by atoms with Crippen LogP contribution in [-0.2, 0) is 107 Å². The quantitative estimate of drug-likeness (QED) is 0.207. The van der Waals surface area contributed by atoms with E-state index in [4.69, 9.17) is 0 Å². The fraction of sp³-hybridized carbons (Fsp3) is 0.593. The molecular formula is C27H36GdN4O9Y2+. The fourth-order valence-corrected chi connectivity index (χ4v) is 4.87. The number of hydrogen-bond acceptors (Lipinski definition) is 10. The SMILES string of the molecule is CC(=O)CC[C@@H](C(=O)O)N1CCN([C@@H](CC[C-]=O)C(=O)O)CCN([C@@H](CC[C-]=O)C(=O)O)Cc2cccc(n2)C1.[Gd+3].[Y].[Y]. The summed E-state index contributed by atoms with van der Waals surface area (Å²) in [7, 11) is 0. The Labute approximate surface area is 333 Å². The Morgan fingerprint density at radius 3 is 1.49 bits per heavy atom. The zero-order chi connectivity index (χ0) is 29.7. The summed E-state index contributed by atoms with van der Waals surface area (Å²) >= 11 is 0. The molecule has 2 heterocycles. The van der Waals surface area contributed by atoms with Crippen LogP contribution in [0.2, 0.25) is 0 Å². The summed E-state index contributed by atoms with van der Waals surface area (Å²) < 4.78 is 0. The smallest absolute Gasteiger partial charge is 0.542 e. The number of hydrogen-bond donors (Lipinski definition) is 3. The number of pyridine rings is 1. The maximum atomic E-state index is 12.2. The number of nitrogens with zero attached hydrogens (tertiary/aromatic N) is 4. The van der Waals surface area contributed by atoms with Crippen LogP contribution in [0.25, 0.3) is 0 Å². The van der Waals surface area contributed by atoms with Gasteiger partial charge in [-0.3, -0.25) is 46.6 Å². The van der Waals surface area contributed by atoms with Crippen LogP contribution in [0.5, 0.6) is 0 Å². The molecule has 0 unspecified atom stereocenters. The van der Waals surface area contributed by atoms with E-state index in [0.29, 0.717) is 11.4 Å². The molecule has 2 bridgehead atoms. The van der Waals surface area contributed by atoms with Crippen molar-refractivity contribution in [3.8, 4) is 0 Å². The number of carboxylic acids is 3. The van der Waals surface area contributed by atoms with Gasteiger partial charge in [-0.15, -0.1) is 0 Å². The first-order valence-corrected chi connectivity index (χ1v) is 13.1. The van der Waals surface area contributed by atoms with Crippen LogP contribution in [0, 0.1) is 39.9 Å². The van der Waals surface area contributed by atoms with E-state index < -0.39 is 36.0 Å². The van der Waals surface area contributed by atoms with Gasteiger partial charge in [0.15, 0.2) is 0 Å². The molecule has 0 amide bonds. The molecule has 0 aromatic carbocycles. The van der Waals surface area contributed by atoms with Gasteiger partial charge in [0.1, 0.15) is 23.9 Å². The zero-order valence-electron chi connectivity index (χ0n) is 24.0. The van der Waals surface area contributed by atoms with Crippen molar-refractivity contribution >= 4 is 36.3 Å². The van der Waals surface area contributed by atoms with Crippen molar-refractivity contribution in [3.05, 3.63) is 29.6 Å². The Morgan fingerprint density at radius 1 is 0.744 bits per heavy atom. The molecule has 43 heavy (non-hydrogen) atoms. The predicted molar refractivity (Wildman–Crippen MR) is 141 cm³/mol. The molecule has 0 saturated heterocycles. The molecule has 3 atom stereocenters. The Morgan fingerprint density at radius 2 is 1.12 bits per heavy atom. The van der Waals surface area contributed by atoms with Gasteiger partial charge in [-0.2, -0.15) is 12.8 Å². The molecule has 3 radical (unpaired) electrons. The normalized spacial score (nSPS) is 16.7. The molecule has 2 rings (SSSR count). The molecule has 0 aliphatic carbocycles. The van der Waals surface area contributed by atoms with Crippen LogP contribution in [0.4, 0.5) is 0 Å². The molecule has 16 heteroatoms. The predicted octanol–water partition coefficient (Wildman–Crippen LogP) is 0.505. The monoisotopic (exact) mass is 896 g/mol. The van der Waals surface area contributed by atoms with E-state index in [2.05, 4.69) is 4.98 Å². The largest absolute Gasteiger partial charge is 3.00 e. The number of aliphatic carboxylic acids is 3. The number of fused-ring (bicyclic) bond motifs is 2. The second-order valence-electron chi connectivity index (χ2n) is 9.77. The first-order valence-electron chi connectivity index (χ1n) is 13.1. The summed E-state index contributed by atoms with van der Waals surface area (Å²) in [5.74, 6) is -3.59. The summed E-state index contributed by atoms with van der Waals surface area (Å²) in [6, 6.07) is 1.98. The van der Waals surface area contributed by atoms with Crippen LogP contribution in [0.1, 0.15) is 56.8 Å². The van der Waals surface area contributed by atoms with Gasteiger partial charge in [-0.25, -0.2) is 0 Å². The van der Waals surface area contributed by atoms with Gasteiger partial charge < -0.3 is 29.7 Å². The zero-order valence-corrected chi connectivity index (χ0v) is 32.0. The number of ketones is 1. The van der Waals surface area contributed by atoms with E-state index in [1.165, 1.54) is 6.92 Å². The van der Waals surface area contributed by atoms with Crippen LogP contribution >= 0.6 is 0 Å². The molecule has 1 aromatic rings. The van der Waals surface area contributed by atoms with Gasteiger partial charge >= 0.3 is 57.8 Å². The molecule has 13 nitrogen and oxygen atoms in total. The maximum Gasteiger partial charge on any atom is 3.00 e. The Kier molecular flexibility index (Phi) is 25.4. The van der Waals surface area contributed by atoms with Crippen molar-refractivity contribution in [2.24, 2.45) is 0 Å². The second kappa shape index (κ2) is 24.2. The van der Waals surface area contributed by atoms with Crippen LogP contribution in [0.3, 0.4) is 0 Å². The minimum absolute atomic E-state index is 0. The third-order valence-electron chi connectivity index (χ3n) is 6.93. The average molecular weight is 896 g/mol. The van der Waals surface area contributed by atoms with E-state index >= 15 is 0 Å². The summed E-state index contributed by atoms with van der Waals surface area (Å²) in [6.45, 7) is 1.95. The van der Waals surface area contributed by atoms with Gasteiger partial charge in [0, 0.05) is 111 Å². The van der Waals surface area contributed by atoms with Gasteiger partial charge in [-0.05, 0) is 25.5 Å². The minimum atomic E-state index is -1.18. The van der Waals surface area contributed by atoms with Crippen molar-refractivity contribution < 1.29 is 149 Å². The van der Waals surface area contributed by atoms with E-state index in [-0.39, 0.29) is 189 Å². The Hall–Kier alpha value is -0.0175. The van der Waals surface area contributed by atoms with Crippen LogP contribution in [-0.4, -0.2) is 116 Å². The molecular weight excluding hydrogens is 859 g/mol. The van der Waals surface area contributed by atoms with Crippen molar-refractivity contribution in [3.63, 3.8) is 0 Å². The first kappa shape index (κ1) is 45.1. The summed E-state index contributed by atoms with van der Waals surface area (Å²) in [5.41, 5.74) is 1.05. The standard InChI is InChI=1S/C27H36N4O9.Gd.2Y/c1-19(34)9-10-24(27(39)40)31-14-12-29(22(25(35)36)7-3-15-32)11-13-30(23(26(37)38)8-4-16-33)17-20-5-2-6-21(18-31)28-20;;;/h2,5-6,22-24H,3-4,7-14,17-18H2,1H3,(H,35,36)(H,37,38)(H,39,40);;;/q-2;+3;;/t22-,23-,24-;;;/m0.../s1. The molecule has 0 fully saturated rings. The van der Waals surface area contributed by atoms with Crippen molar-refractivity contribution in [2.45, 2.75) is 76.7 Å². The molecule has 1 aliphatic heterocycles. The fourth-order valence-electron chi connectivity index (χ4n) is 4.87. The van der Waals surface area contributed by atoms with E-state index in [1.54, 1.807) is 45.5 Å². The van der Waals surface area contributed by atoms with Gasteiger partial charge in [0.2, 0.25) is 0 Å².